The third kappa shape index (κ3) is 7.50. The second-order valence-electron chi connectivity index (χ2n) is 6.02. The van der Waals surface area contributed by atoms with Crippen molar-refractivity contribution in [3.63, 3.8) is 0 Å². The van der Waals surface area contributed by atoms with Gasteiger partial charge in [0.2, 0.25) is 5.91 Å². The van der Waals surface area contributed by atoms with Crippen LogP contribution in [0.25, 0.3) is 6.08 Å². The summed E-state index contributed by atoms with van der Waals surface area (Å²) in [6.07, 6.45) is 2.97. The molecule has 1 atom stereocenters. The molecule has 7 nitrogen and oxygen atoms in total. The van der Waals surface area contributed by atoms with Crippen LogP contribution in [-0.2, 0) is 23.9 Å². The van der Waals surface area contributed by atoms with Crippen LogP contribution in [0.15, 0.2) is 60.7 Å². The number of nitrogens with one attached hydrogen (secondary N) is 1. The number of carbonyl (C=O) groups is 3. The summed E-state index contributed by atoms with van der Waals surface area (Å²) < 4.78 is 15.0. The Balaban J connectivity index is 1.98. The van der Waals surface area contributed by atoms with Crippen molar-refractivity contribution < 1.29 is 28.6 Å². The quantitative estimate of drug-likeness (QED) is 0.516. The molecule has 0 heterocycles. The zero-order valence-electron chi connectivity index (χ0n) is 16.3. The van der Waals surface area contributed by atoms with Crippen molar-refractivity contribution in [2.45, 2.75) is 18.9 Å². The van der Waals surface area contributed by atoms with Crippen molar-refractivity contribution in [1.29, 1.82) is 0 Å². The smallest absolute Gasteiger partial charge is 0.328 e. The molecule has 2 aromatic carbocycles. The summed E-state index contributed by atoms with van der Waals surface area (Å²) in [5.41, 5.74) is 0.748. The number of amides is 1. The summed E-state index contributed by atoms with van der Waals surface area (Å²) >= 11 is 0. The number of esters is 2. The normalized spacial score (nSPS) is 11.5. The number of ether oxygens (including phenoxy) is 3. The lowest BCUT2D eigenvalue weighted by Gasteiger charge is -2.14. The minimum Gasteiger partial charge on any atom is -0.469 e. The minimum atomic E-state index is -0.941. The third-order valence-corrected chi connectivity index (χ3v) is 3.93. The summed E-state index contributed by atoms with van der Waals surface area (Å²) in [4.78, 5) is 35.3. The molecule has 0 aliphatic carbocycles. The van der Waals surface area contributed by atoms with Crippen molar-refractivity contribution in [2.24, 2.45) is 0 Å². The van der Waals surface area contributed by atoms with Crippen molar-refractivity contribution in [1.82, 2.24) is 5.32 Å². The Morgan fingerprint density at radius 2 is 1.69 bits per heavy atom. The molecule has 1 N–H and O–H groups in total. The van der Waals surface area contributed by atoms with E-state index in [9.17, 15) is 14.4 Å². The average molecular weight is 397 g/mol. The van der Waals surface area contributed by atoms with Crippen LogP contribution in [0.4, 0.5) is 0 Å². The van der Waals surface area contributed by atoms with Gasteiger partial charge in [-0.25, -0.2) is 4.79 Å². The number of carbonyl (C=O) groups excluding carboxylic acids is 3. The minimum absolute atomic E-state index is 0.0148. The van der Waals surface area contributed by atoms with Crippen molar-refractivity contribution in [2.75, 3.05) is 14.2 Å². The molecule has 0 unspecified atom stereocenters. The van der Waals surface area contributed by atoms with Gasteiger partial charge in [0.25, 0.3) is 0 Å². The number of hydrogen-bond donors (Lipinski definition) is 1. The summed E-state index contributed by atoms with van der Waals surface area (Å²) in [6.45, 7) is 0. The van der Waals surface area contributed by atoms with E-state index in [4.69, 9.17) is 4.74 Å². The molecule has 29 heavy (non-hydrogen) atoms. The molecule has 0 bridgehead atoms. The van der Waals surface area contributed by atoms with E-state index in [1.807, 2.05) is 48.5 Å². The topological polar surface area (TPSA) is 90.9 Å². The molecule has 0 aliphatic heterocycles. The average Bonchev–Trinajstić information content (AvgIpc) is 2.75. The largest absolute Gasteiger partial charge is 0.469 e. The second kappa shape index (κ2) is 11.3. The number of rotatable bonds is 9. The SMILES string of the molecule is COC(=O)CC[C@H](NC(=O)/C=C/c1cccc(Oc2ccccc2)c1)C(=O)OC. The highest BCUT2D eigenvalue weighted by atomic mass is 16.5. The lowest BCUT2D eigenvalue weighted by molar-refractivity contribution is -0.146. The lowest BCUT2D eigenvalue weighted by Crippen LogP contribution is -2.41. The number of hydrogen-bond acceptors (Lipinski definition) is 6. The third-order valence-electron chi connectivity index (χ3n) is 3.93. The first-order valence-electron chi connectivity index (χ1n) is 8.98. The highest BCUT2D eigenvalue weighted by molar-refractivity contribution is 5.94. The fraction of sp³-hybridized carbons (Fsp3) is 0.227. The molecule has 0 fully saturated rings. The van der Waals surface area contributed by atoms with Crippen molar-refractivity contribution in [3.8, 4) is 11.5 Å². The fourth-order valence-electron chi connectivity index (χ4n) is 2.45. The monoisotopic (exact) mass is 397 g/mol. The van der Waals surface area contributed by atoms with Crippen molar-refractivity contribution in [3.05, 3.63) is 66.2 Å². The lowest BCUT2D eigenvalue weighted by atomic mass is 10.1. The van der Waals surface area contributed by atoms with Crippen LogP contribution >= 0.6 is 0 Å². The van der Waals surface area contributed by atoms with Crippen LogP contribution in [0.5, 0.6) is 11.5 Å². The van der Waals surface area contributed by atoms with E-state index in [0.717, 1.165) is 5.56 Å². The maximum atomic E-state index is 12.2. The van der Waals surface area contributed by atoms with Gasteiger partial charge in [-0.05, 0) is 42.3 Å². The van der Waals surface area contributed by atoms with Gasteiger partial charge in [0, 0.05) is 12.5 Å². The molecule has 152 valence electrons. The molecular weight excluding hydrogens is 374 g/mol. The Labute approximate surface area is 169 Å². The van der Waals surface area contributed by atoms with E-state index in [-0.39, 0.29) is 12.8 Å². The van der Waals surface area contributed by atoms with Gasteiger partial charge in [0.15, 0.2) is 0 Å². The molecule has 0 spiro atoms. The zero-order valence-corrected chi connectivity index (χ0v) is 16.3. The molecule has 0 aromatic heterocycles. The van der Waals surface area contributed by atoms with Gasteiger partial charge >= 0.3 is 11.9 Å². The maximum absolute atomic E-state index is 12.2. The second-order valence-corrected chi connectivity index (χ2v) is 6.02. The van der Waals surface area contributed by atoms with E-state index in [1.165, 1.54) is 20.3 Å². The van der Waals surface area contributed by atoms with Crippen LogP contribution < -0.4 is 10.1 Å². The Kier molecular flexibility index (Phi) is 8.44. The van der Waals surface area contributed by atoms with Crippen LogP contribution in [0.1, 0.15) is 18.4 Å². The molecule has 0 saturated heterocycles. The molecule has 0 aliphatic rings. The Bertz CT molecular complexity index is 863. The maximum Gasteiger partial charge on any atom is 0.328 e. The van der Waals surface area contributed by atoms with Gasteiger partial charge < -0.3 is 19.5 Å². The molecule has 1 amide bonds. The van der Waals surface area contributed by atoms with Crippen molar-refractivity contribution >= 4 is 23.9 Å². The Hall–Kier alpha value is -3.61. The van der Waals surface area contributed by atoms with E-state index < -0.39 is 23.9 Å². The summed E-state index contributed by atoms with van der Waals surface area (Å²) in [5, 5.41) is 2.53. The highest BCUT2D eigenvalue weighted by Crippen LogP contribution is 2.22. The van der Waals surface area contributed by atoms with Gasteiger partial charge in [-0.3, -0.25) is 9.59 Å². The molecule has 2 rings (SSSR count). The van der Waals surface area contributed by atoms with Crippen LogP contribution in [0, 0.1) is 0 Å². The first-order chi connectivity index (χ1) is 14.0. The molecule has 0 saturated carbocycles. The van der Waals surface area contributed by atoms with Gasteiger partial charge in [-0.15, -0.1) is 0 Å². The number of para-hydroxylation sites is 1. The van der Waals surface area contributed by atoms with Gasteiger partial charge in [0.05, 0.1) is 14.2 Å². The summed E-state index contributed by atoms with van der Waals surface area (Å²) in [7, 11) is 2.47. The number of benzene rings is 2. The first-order valence-corrected chi connectivity index (χ1v) is 8.98. The molecular formula is C22H23NO6. The Morgan fingerprint density at radius 1 is 0.966 bits per heavy atom. The van der Waals surface area contributed by atoms with E-state index in [0.29, 0.717) is 11.5 Å². The van der Waals surface area contributed by atoms with Gasteiger partial charge in [-0.2, -0.15) is 0 Å². The molecule has 7 heteroatoms. The fourth-order valence-corrected chi connectivity index (χ4v) is 2.45. The molecule has 0 radical (unpaired) electrons. The predicted molar refractivity (Wildman–Crippen MR) is 107 cm³/mol. The summed E-state index contributed by atoms with van der Waals surface area (Å²) in [6, 6.07) is 15.6. The number of methoxy groups -OCH3 is 2. The van der Waals surface area contributed by atoms with Gasteiger partial charge in [0.1, 0.15) is 17.5 Å². The van der Waals surface area contributed by atoms with Crippen LogP contribution in [0.2, 0.25) is 0 Å². The standard InChI is InChI=1S/C22H23NO6/c1-27-21(25)14-12-19(22(26)28-2)23-20(24)13-11-16-7-6-10-18(15-16)29-17-8-4-3-5-9-17/h3-11,13,15,19H,12,14H2,1-2H3,(H,23,24)/b13-11+/t19-/m0/s1. The van der Waals surface area contributed by atoms with Crippen LogP contribution in [0.3, 0.4) is 0 Å². The predicted octanol–water partition coefficient (Wildman–Crippen LogP) is 3.10. The van der Waals surface area contributed by atoms with E-state index in [2.05, 4.69) is 14.8 Å². The summed E-state index contributed by atoms with van der Waals surface area (Å²) in [5.74, 6) is -0.255. The molecule has 2 aromatic rings. The first kappa shape index (κ1) is 21.7. The van der Waals surface area contributed by atoms with Crippen LogP contribution in [-0.4, -0.2) is 38.1 Å². The van der Waals surface area contributed by atoms with E-state index in [1.54, 1.807) is 12.1 Å². The van der Waals surface area contributed by atoms with E-state index >= 15 is 0 Å². The van der Waals surface area contributed by atoms with Gasteiger partial charge in [-0.1, -0.05) is 30.3 Å². The highest BCUT2D eigenvalue weighted by Gasteiger charge is 2.21. The zero-order chi connectivity index (χ0) is 21.1. The Morgan fingerprint density at radius 3 is 2.38 bits per heavy atom.